The molecule has 0 aliphatic heterocycles. The monoisotopic (exact) mass is 251 g/mol. The number of aliphatic carboxylic acids is 1. The molecule has 1 unspecified atom stereocenters. The van der Waals surface area contributed by atoms with Crippen molar-refractivity contribution in [2.75, 3.05) is 20.3 Å². The van der Waals surface area contributed by atoms with Gasteiger partial charge in [0.05, 0.1) is 6.61 Å². The van der Waals surface area contributed by atoms with Gasteiger partial charge in [0, 0.05) is 19.7 Å². The smallest absolute Gasteiger partial charge is 0.325 e. The van der Waals surface area contributed by atoms with E-state index in [0.29, 0.717) is 13.2 Å². The normalized spacial score (nSPS) is 12.9. The standard InChI is InChI=1S/C14H21NO3/c1-11(2)15(9-10-18-3)13(14(16)17)12-7-5-4-6-8-12/h4-8,11,13H,9-10H2,1-3H3,(H,16,17). The fraction of sp³-hybridized carbons (Fsp3) is 0.500. The fourth-order valence-electron chi connectivity index (χ4n) is 1.99. The van der Waals surface area contributed by atoms with Crippen molar-refractivity contribution in [3.05, 3.63) is 35.9 Å². The van der Waals surface area contributed by atoms with Gasteiger partial charge < -0.3 is 9.84 Å². The minimum Gasteiger partial charge on any atom is -0.480 e. The number of hydrogen-bond acceptors (Lipinski definition) is 3. The summed E-state index contributed by atoms with van der Waals surface area (Å²) in [5.41, 5.74) is 0.801. The number of hydrogen-bond donors (Lipinski definition) is 1. The second-order valence-electron chi connectivity index (χ2n) is 4.48. The topological polar surface area (TPSA) is 49.8 Å². The lowest BCUT2D eigenvalue weighted by Crippen LogP contribution is -2.41. The summed E-state index contributed by atoms with van der Waals surface area (Å²) in [6.45, 7) is 5.11. The summed E-state index contributed by atoms with van der Waals surface area (Å²) < 4.78 is 5.05. The summed E-state index contributed by atoms with van der Waals surface area (Å²) in [6.07, 6.45) is 0. The van der Waals surface area contributed by atoms with Crippen molar-refractivity contribution in [3.8, 4) is 0 Å². The van der Waals surface area contributed by atoms with Crippen LogP contribution in [0, 0.1) is 0 Å². The first-order valence-corrected chi connectivity index (χ1v) is 6.10. The van der Waals surface area contributed by atoms with E-state index in [1.807, 2.05) is 49.1 Å². The Hall–Kier alpha value is -1.39. The van der Waals surface area contributed by atoms with E-state index in [-0.39, 0.29) is 6.04 Å². The summed E-state index contributed by atoms with van der Waals surface area (Å²) in [6, 6.07) is 8.82. The Morgan fingerprint density at radius 3 is 2.39 bits per heavy atom. The molecule has 0 aliphatic rings. The van der Waals surface area contributed by atoms with Gasteiger partial charge in [-0.05, 0) is 19.4 Å². The first-order chi connectivity index (χ1) is 8.57. The summed E-state index contributed by atoms with van der Waals surface area (Å²) in [5.74, 6) is -0.828. The van der Waals surface area contributed by atoms with Crippen LogP contribution in [0.1, 0.15) is 25.5 Å². The molecule has 0 aromatic heterocycles. The molecule has 4 heteroatoms. The van der Waals surface area contributed by atoms with Crippen LogP contribution in [0.3, 0.4) is 0 Å². The van der Waals surface area contributed by atoms with Crippen molar-refractivity contribution in [2.45, 2.75) is 25.9 Å². The predicted molar refractivity (Wildman–Crippen MR) is 70.5 cm³/mol. The van der Waals surface area contributed by atoms with Crippen molar-refractivity contribution in [3.63, 3.8) is 0 Å². The average molecular weight is 251 g/mol. The maximum Gasteiger partial charge on any atom is 0.325 e. The SMILES string of the molecule is COCCN(C(C)C)C(C(=O)O)c1ccccc1. The zero-order valence-electron chi connectivity index (χ0n) is 11.2. The van der Waals surface area contributed by atoms with Crippen LogP contribution in [0.4, 0.5) is 0 Å². The highest BCUT2D eigenvalue weighted by molar-refractivity contribution is 5.75. The maximum absolute atomic E-state index is 11.5. The van der Waals surface area contributed by atoms with Crippen LogP contribution in [0.15, 0.2) is 30.3 Å². The number of methoxy groups -OCH3 is 1. The molecule has 1 atom stereocenters. The molecule has 0 saturated carbocycles. The van der Waals surface area contributed by atoms with Crippen LogP contribution in [0.5, 0.6) is 0 Å². The molecule has 0 bridgehead atoms. The lowest BCUT2D eigenvalue weighted by atomic mass is 10.0. The minimum absolute atomic E-state index is 0.140. The molecule has 1 N–H and O–H groups in total. The van der Waals surface area contributed by atoms with Crippen molar-refractivity contribution in [2.24, 2.45) is 0 Å². The first kappa shape index (κ1) is 14.7. The largest absolute Gasteiger partial charge is 0.480 e. The highest BCUT2D eigenvalue weighted by Crippen LogP contribution is 2.23. The highest BCUT2D eigenvalue weighted by atomic mass is 16.5. The Morgan fingerprint density at radius 1 is 1.33 bits per heavy atom. The molecule has 18 heavy (non-hydrogen) atoms. The Kier molecular flexibility index (Phi) is 5.82. The first-order valence-electron chi connectivity index (χ1n) is 6.10. The molecule has 0 heterocycles. The second kappa shape index (κ2) is 7.13. The number of ether oxygens (including phenoxy) is 1. The molecule has 1 rings (SSSR count). The third-order valence-corrected chi connectivity index (χ3v) is 2.90. The summed E-state index contributed by atoms with van der Waals surface area (Å²) in [5, 5.41) is 9.46. The molecule has 100 valence electrons. The van der Waals surface area contributed by atoms with Gasteiger partial charge in [0.2, 0.25) is 0 Å². The van der Waals surface area contributed by atoms with Gasteiger partial charge in [-0.25, -0.2) is 0 Å². The van der Waals surface area contributed by atoms with Crippen molar-refractivity contribution >= 4 is 5.97 Å². The number of nitrogens with zero attached hydrogens (tertiary/aromatic N) is 1. The molecule has 4 nitrogen and oxygen atoms in total. The number of benzene rings is 1. The van der Waals surface area contributed by atoms with E-state index in [2.05, 4.69) is 0 Å². The Balaban J connectivity index is 2.98. The van der Waals surface area contributed by atoms with E-state index in [1.54, 1.807) is 7.11 Å². The van der Waals surface area contributed by atoms with Gasteiger partial charge >= 0.3 is 5.97 Å². The molecular formula is C14H21NO3. The molecule has 1 aromatic carbocycles. The third-order valence-electron chi connectivity index (χ3n) is 2.90. The molecule has 0 fully saturated rings. The average Bonchev–Trinajstić information content (AvgIpc) is 2.34. The molecule has 0 saturated heterocycles. The minimum atomic E-state index is -0.828. The van der Waals surface area contributed by atoms with Crippen molar-refractivity contribution in [1.29, 1.82) is 0 Å². The van der Waals surface area contributed by atoms with Gasteiger partial charge in [-0.15, -0.1) is 0 Å². The zero-order chi connectivity index (χ0) is 13.5. The van der Waals surface area contributed by atoms with Crippen LogP contribution in [-0.4, -0.2) is 42.3 Å². The van der Waals surface area contributed by atoms with Crippen LogP contribution in [-0.2, 0) is 9.53 Å². The molecule has 0 aliphatic carbocycles. The van der Waals surface area contributed by atoms with Gasteiger partial charge in [0.25, 0.3) is 0 Å². The maximum atomic E-state index is 11.5. The number of rotatable bonds is 7. The Labute approximate surface area is 108 Å². The zero-order valence-corrected chi connectivity index (χ0v) is 11.2. The van der Waals surface area contributed by atoms with Gasteiger partial charge in [0.15, 0.2) is 0 Å². The molecule has 0 amide bonds. The second-order valence-corrected chi connectivity index (χ2v) is 4.48. The number of carboxylic acid groups (broad SMARTS) is 1. The quantitative estimate of drug-likeness (QED) is 0.807. The van der Waals surface area contributed by atoms with Crippen molar-refractivity contribution in [1.82, 2.24) is 4.90 Å². The van der Waals surface area contributed by atoms with Crippen molar-refractivity contribution < 1.29 is 14.6 Å². The van der Waals surface area contributed by atoms with E-state index in [9.17, 15) is 9.90 Å². The van der Waals surface area contributed by atoms with Gasteiger partial charge in [-0.2, -0.15) is 0 Å². The fourth-order valence-corrected chi connectivity index (χ4v) is 1.99. The Bertz CT molecular complexity index is 365. The molecular weight excluding hydrogens is 230 g/mol. The lowest BCUT2D eigenvalue weighted by Gasteiger charge is -2.32. The van der Waals surface area contributed by atoms with Gasteiger partial charge in [-0.1, -0.05) is 30.3 Å². The molecule has 0 spiro atoms. The van der Waals surface area contributed by atoms with E-state index in [1.165, 1.54) is 0 Å². The van der Waals surface area contributed by atoms with Gasteiger partial charge in [0.1, 0.15) is 6.04 Å². The predicted octanol–water partition coefficient (Wildman–Crippen LogP) is 2.17. The van der Waals surface area contributed by atoms with E-state index < -0.39 is 12.0 Å². The third kappa shape index (κ3) is 3.82. The molecule has 1 aromatic rings. The Morgan fingerprint density at radius 2 is 1.94 bits per heavy atom. The summed E-state index contributed by atoms with van der Waals surface area (Å²) in [4.78, 5) is 13.5. The summed E-state index contributed by atoms with van der Waals surface area (Å²) >= 11 is 0. The van der Waals surface area contributed by atoms with Crippen LogP contribution >= 0.6 is 0 Å². The lowest BCUT2D eigenvalue weighted by molar-refractivity contribution is -0.144. The summed E-state index contributed by atoms with van der Waals surface area (Å²) in [7, 11) is 1.62. The van der Waals surface area contributed by atoms with E-state index >= 15 is 0 Å². The van der Waals surface area contributed by atoms with Crippen LogP contribution in [0.25, 0.3) is 0 Å². The van der Waals surface area contributed by atoms with Crippen LogP contribution in [0.2, 0.25) is 0 Å². The van der Waals surface area contributed by atoms with Crippen LogP contribution < -0.4 is 0 Å². The number of carbonyl (C=O) groups is 1. The highest BCUT2D eigenvalue weighted by Gasteiger charge is 2.28. The van der Waals surface area contributed by atoms with Gasteiger partial charge in [-0.3, -0.25) is 9.69 Å². The number of carboxylic acids is 1. The molecule has 0 radical (unpaired) electrons. The van der Waals surface area contributed by atoms with E-state index in [0.717, 1.165) is 5.56 Å². The van der Waals surface area contributed by atoms with E-state index in [4.69, 9.17) is 4.74 Å².